The first-order valence-corrected chi connectivity index (χ1v) is 9.75. The van der Waals surface area contributed by atoms with Crippen LogP contribution in [0.3, 0.4) is 0 Å². The van der Waals surface area contributed by atoms with Gasteiger partial charge in [-0.1, -0.05) is 30.3 Å². The minimum Gasteiger partial charge on any atom is -0.465 e. The predicted octanol–water partition coefficient (Wildman–Crippen LogP) is 2.88. The highest BCUT2D eigenvalue weighted by Gasteiger charge is 2.24. The molecule has 0 unspecified atom stereocenters. The molecule has 0 saturated heterocycles. The molecule has 0 atom stereocenters. The summed E-state index contributed by atoms with van der Waals surface area (Å²) in [6, 6.07) is 16.1. The van der Waals surface area contributed by atoms with Crippen molar-refractivity contribution in [1.29, 1.82) is 0 Å². The lowest BCUT2D eigenvalue weighted by molar-refractivity contribution is -0.118. The van der Waals surface area contributed by atoms with E-state index in [1.807, 2.05) is 24.3 Å². The first kappa shape index (κ1) is 19.2. The molecule has 0 bridgehead atoms. The zero-order valence-electron chi connectivity index (χ0n) is 16.8. The number of rotatable bonds is 6. The fourth-order valence-electron chi connectivity index (χ4n) is 4.15. The number of nitrogens with zero attached hydrogens (tertiary/aromatic N) is 3. The van der Waals surface area contributed by atoms with E-state index in [4.69, 9.17) is 4.74 Å². The van der Waals surface area contributed by atoms with E-state index >= 15 is 0 Å². The normalized spacial score (nSPS) is 13.9. The molecule has 29 heavy (non-hydrogen) atoms. The lowest BCUT2D eigenvalue weighted by atomic mass is 10.0. The summed E-state index contributed by atoms with van der Waals surface area (Å²) < 4.78 is 7.15. The highest BCUT2D eigenvalue weighted by molar-refractivity contribution is 5.89. The first-order valence-electron chi connectivity index (χ1n) is 9.75. The van der Waals surface area contributed by atoms with Crippen LogP contribution in [-0.4, -0.2) is 54.1 Å². The molecule has 0 saturated carbocycles. The lowest BCUT2D eigenvalue weighted by Gasteiger charge is -2.30. The Kier molecular flexibility index (Phi) is 5.36. The summed E-state index contributed by atoms with van der Waals surface area (Å²) in [4.78, 5) is 26.7. The van der Waals surface area contributed by atoms with Crippen LogP contribution in [0.2, 0.25) is 0 Å². The smallest absolute Gasteiger partial charge is 0.337 e. The molecule has 0 N–H and O–H groups in total. The fourth-order valence-corrected chi connectivity index (χ4v) is 4.15. The predicted molar refractivity (Wildman–Crippen MR) is 112 cm³/mol. The molecular weight excluding hydrogens is 366 g/mol. The maximum atomic E-state index is 11.7. The Morgan fingerprint density at radius 1 is 1.17 bits per heavy atom. The summed E-state index contributed by atoms with van der Waals surface area (Å²) in [6.45, 7) is 3.10. The van der Waals surface area contributed by atoms with Crippen molar-refractivity contribution in [2.24, 2.45) is 0 Å². The number of ether oxygens (including phenoxy) is 1. The second kappa shape index (κ2) is 8.09. The Bertz CT molecular complexity index is 1040. The molecule has 1 aliphatic rings. The van der Waals surface area contributed by atoms with Crippen LogP contribution in [0.5, 0.6) is 0 Å². The van der Waals surface area contributed by atoms with Crippen molar-refractivity contribution in [3.05, 3.63) is 70.9 Å². The molecule has 6 heteroatoms. The number of methoxy groups -OCH3 is 1. The van der Waals surface area contributed by atoms with E-state index in [1.54, 1.807) is 11.9 Å². The number of carbonyl (C=O) groups is 2. The van der Waals surface area contributed by atoms with Gasteiger partial charge >= 0.3 is 5.97 Å². The first-order chi connectivity index (χ1) is 14.1. The Hall–Kier alpha value is -3.12. The van der Waals surface area contributed by atoms with E-state index in [2.05, 4.69) is 33.7 Å². The van der Waals surface area contributed by atoms with Gasteiger partial charge in [-0.25, -0.2) is 4.79 Å². The van der Waals surface area contributed by atoms with Gasteiger partial charge in [-0.2, -0.15) is 0 Å². The van der Waals surface area contributed by atoms with E-state index in [0.29, 0.717) is 12.2 Å². The van der Waals surface area contributed by atoms with Crippen molar-refractivity contribution in [2.45, 2.75) is 19.5 Å². The van der Waals surface area contributed by atoms with E-state index < -0.39 is 0 Å². The molecule has 150 valence electrons. The maximum absolute atomic E-state index is 11.7. The van der Waals surface area contributed by atoms with Gasteiger partial charge in [0, 0.05) is 43.3 Å². The molecule has 0 spiro atoms. The number of aromatic nitrogens is 1. The standard InChI is InChI=1S/C23H25N3O3/c1-24(16-27)15-25-12-11-20-19-5-3-4-6-21(19)26(22(20)14-25)13-17-7-9-18(10-8-17)23(28)29-2/h3-10,16H,11-15H2,1-2H3. The third-order valence-electron chi connectivity index (χ3n) is 5.56. The summed E-state index contributed by atoms with van der Waals surface area (Å²) in [6.07, 6.45) is 1.84. The Morgan fingerprint density at radius 3 is 2.66 bits per heavy atom. The van der Waals surface area contributed by atoms with Gasteiger partial charge in [0.25, 0.3) is 0 Å². The number of amides is 1. The number of esters is 1. The van der Waals surface area contributed by atoms with Crippen molar-refractivity contribution in [3.8, 4) is 0 Å². The molecule has 2 aromatic carbocycles. The van der Waals surface area contributed by atoms with Gasteiger partial charge in [-0.15, -0.1) is 0 Å². The Balaban J connectivity index is 1.68. The van der Waals surface area contributed by atoms with Crippen LogP contribution in [0.25, 0.3) is 10.9 Å². The number of hydrogen-bond acceptors (Lipinski definition) is 4. The van der Waals surface area contributed by atoms with E-state index in [-0.39, 0.29) is 5.97 Å². The minimum absolute atomic E-state index is 0.324. The lowest BCUT2D eigenvalue weighted by Crippen LogP contribution is -2.39. The van der Waals surface area contributed by atoms with Gasteiger partial charge in [0.1, 0.15) is 0 Å². The molecule has 1 aliphatic heterocycles. The second-order valence-corrected chi connectivity index (χ2v) is 7.52. The molecular formula is C23H25N3O3. The van der Waals surface area contributed by atoms with Crippen LogP contribution in [0.1, 0.15) is 27.2 Å². The fraction of sp³-hybridized carbons (Fsp3) is 0.304. The molecule has 0 aliphatic carbocycles. The zero-order valence-corrected chi connectivity index (χ0v) is 16.8. The van der Waals surface area contributed by atoms with Crippen molar-refractivity contribution in [1.82, 2.24) is 14.4 Å². The van der Waals surface area contributed by atoms with Gasteiger partial charge < -0.3 is 14.2 Å². The van der Waals surface area contributed by atoms with Gasteiger partial charge in [0.15, 0.2) is 0 Å². The highest BCUT2D eigenvalue weighted by Crippen LogP contribution is 2.31. The average molecular weight is 391 g/mol. The van der Waals surface area contributed by atoms with Crippen molar-refractivity contribution in [2.75, 3.05) is 27.4 Å². The summed E-state index contributed by atoms with van der Waals surface area (Å²) in [5, 5.41) is 1.30. The zero-order chi connectivity index (χ0) is 20.4. The summed E-state index contributed by atoms with van der Waals surface area (Å²) in [5.41, 5.74) is 5.60. The van der Waals surface area contributed by atoms with Crippen LogP contribution >= 0.6 is 0 Å². The van der Waals surface area contributed by atoms with Crippen molar-refractivity contribution < 1.29 is 14.3 Å². The summed E-state index contributed by atoms with van der Waals surface area (Å²) >= 11 is 0. The van der Waals surface area contributed by atoms with E-state index in [9.17, 15) is 9.59 Å². The molecule has 6 nitrogen and oxygen atoms in total. The Morgan fingerprint density at radius 2 is 1.93 bits per heavy atom. The van der Waals surface area contributed by atoms with Crippen LogP contribution < -0.4 is 0 Å². The largest absolute Gasteiger partial charge is 0.465 e. The molecule has 3 aromatic rings. The van der Waals surface area contributed by atoms with Gasteiger partial charge in [0.2, 0.25) is 6.41 Å². The molecule has 0 fully saturated rings. The van der Waals surface area contributed by atoms with Crippen LogP contribution in [0.15, 0.2) is 48.5 Å². The maximum Gasteiger partial charge on any atom is 0.337 e. The number of para-hydroxylation sites is 1. The SMILES string of the molecule is COC(=O)c1ccc(Cn2c3c(c4ccccc42)CCN(CN(C)C=O)C3)cc1. The van der Waals surface area contributed by atoms with Crippen molar-refractivity contribution in [3.63, 3.8) is 0 Å². The third-order valence-corrected chi connectivity index (χ3v) is 5.56. The molecule has 1 amide bonds. The van der Waals surface area contributed by atoms with Crippen LogP contribution in [0, 0.1) is 0 Å². The van der Waals surface area contributed by atoms with Gasteiger partial charge in [-0.3, -0.25) is 9.69 Å². The molecule has 1 aromatic heterocycles. The summed E-state index contributed by atoms with van der Waals surface area (Å²) in [7, 11) is 3.20. The average Bonchev–Trinajstić information content (AvgIpc) is 3.06. The topological polar surface area (TPSA) is 54.8 Å². The van der Waals surface area contributed by atoms with E-state index in [0.717, 1.165) is 38.0 Å². The van der Waals surface area contributed by atoms with Crippen LogP contribution in [-0.2, 0) is 29.0 Å². The second-order valence-electron chi connectivity index (χ2n) is 7.52. The molecule has 0 radical (unpaired) electrons. The van der Waals surface area contributed by atoms with Gasteiger partial charge in [-0.05, 0) is 35.7 Å². The number of hydrogen-bond donors (Lipinski definition) is 0. The molecule has 4 rings (SSSR count). The van der Waals surface area contributed by atoms with E-state index in [1.165, 1.54) is 29.3 Å². The number of benzene rings is 2. The number of fused-ring (bicyclic) bond motifs is 3. The molecule has 2 heterocycles. The highest BCUT2D eigenvalue weighted by atomic mass is 16.5. The monoisotopic (exact) mass is 391 g/mol. The summed E-state index contributed by atoms with van der Waals surface area (Å²) in [5.74, 6) is -0.324. The quantitative estimate of drug-likeness (QED) is 0.479. The Labute approximate surface area is 170 Å². The number of carbonyl (C=O) groups excluding carboxylic acids is 2. The third kappa shape index (κ3) is 3.76. The van der Waals surface area contributed by atoms with Crippen LogP contribution in [0.4, 0.5) is 0 Å². The van der Waals surface area contributed by atoms with Crippen molar-refractivity contribution >= 4 is 23.3 Å². The minimum atomic E-state index is -0.324. The van der Waals surface area contributed by atoms with Gasteiger partial charge in [0.05, 0.1) is 19.3 Å².